The van der Waals surface area contributed by atoms with Crippen molar-refractivity contribution in [1.29, 1.82) is 0 Å². The summed E-state index contributed by atoms with van der Waals surface area (Å²) in [5.41, 5.74) is 3.11. The number of rotatable bonds is 3. The van der Waals surface area contributed by atoms with E-state index in [1.807, 2.05) is 31.2 Å². The summed E-state index contributed by atoms with van der Waals surface area (Å²) in [5.74, 6) is 0. The van der Waals surface area contributed by atoms with Gasteiger partial charge in [0.2, 0.25) is 0 Å². The molecule has 0 bridgehead atoms. The third-order valence-electron chi connectivity index (χ3n) is 4.25. The van der Waals surface area contributed by atoms with Crippen LogP contribution in [0.4, 0.5) is 0 Å². The van der Waals surface area contributed by atoms with Gasteiger partial charge in [-0.15, -0.1) is 0 Å². The molecule has 0 saturated heterocycles. The lowest BCUT2D eigenvalue weighted by atomic mass is 10.2. The maximum Gasteiger partial charge on any atom is 0.264 e. The molecule has 7 heteroatoms. The molecule has 0 aliphatic heterocycles. The van der Waals surface area contributed by atoms with Gasteiger partial charge in [0.05, 0.1) is 18.4 Å². The van der Waals surface area contributed by atoms with Gasteiger partial charge >= 0.3 is 0 Å². The molecule has 0 unspecified atom stereocenters. The predicted molar refractivity (Wildman–Crippen MR) is 103 cm³/mol. The lowest BCUT2D eigenvalue weighted by molar-refractivity contribution is 0.745. The monoisotopic (exact) mass is 384 g/mol. The summed E-state index contributed by atoms with van der Waals surface area (Å²) in [6.45, 7) is 2.31. The summed E-state index contributed by atoms with van der Waals surface area (Å²) in [6, 6.07) is 13.0. The first-order valence-corrected chi connectivity index (χ1v) is 8.73. The fraction of sp³-hybridized carbons (Fsp3) is 0.105. The van der Waals surface area contributed by atoms with Crippen LogP contribution in [0.3, 0.4) is 0 Å². The van der Waals surface area contributed by atoms with Gasteiger partial charge in [0, 0.05) is 10.0 Å². The molecular formula is C19H14Cl2N4O. The van der Waals surface area contributed by atoms with E-state index >= 15 is 0 Å². The van der Waals surface area contributed by atoms with E-state index in [9.17, 15) is 4.79 Å². The molecule has 2 heterocycles. The Hall–Kier alpha value is -2.63. The van der Waals surface area contributed by atoms with Gasteiger partial charge in [0.15, 0.2) is 5.65 Å². The molecule has 0 radical (unpaired) electrons. The SMILES string of the molecule is Cc1ccccc1-n1ncc2c(=O)n(Cc3ccc(Cl)cc3Cl)cnc21. The second-order valence-electron chi connectivity index (χ2n) is 5.99. The van der Waals surface area contributed by atoms with Crippen LogP contribution >= 0.6 is 23.2 Å². The number of fused-ring (bicyclic) bond motifs is 1. The van der Waals surface area contributed by atoms with Crippen molar-refractivity contribution < 1.29 is 0 Å². The number of aryl methyl sites for hydroxylation is 1. The van der Waals surface area contributed by atoms with Crippen LogP contribution in [-0.4, -0.2) is 19.3 Å². The number of benzene rings is 2. The van der Waals surface area contributed by atoms with Crippen molar-refractivity contribution in [3.05, 3.63) is 86.5 Å². The molecule has 2 aromatic carbocycles. The zero-order chi connectivity index (χ0) is 18.3. The largest absolute Gasteiger partial charge is 0.294 e. The van der Waals surface area contributed by atoms with E-state index in [1.54, 1.807) is 29.1 Å². The minimum absolute atomic E-state index is 0.166. The van der Waals surface area contributed by atoms with Crippen LogP contribution in [0, 0.1) is 6.92 Å². The van der Waals surface area contributed by atoms with E-state index in [0.29, 0.717) is 27.6 Å². The molecule has 26 heavy (non-hydrogen) atoms. The van der Waals surface area contributed by atoms with Crippen molar-refractivity contribution in [2.24, 2.45) is 0 Å². The lowest BCUT2D eigenvalue weighted by Crippen LogP contribution is -2.21. The Kier molecular flexibility index (Phi) is 4.26. The third kappa shape index (κ3) is 2.89. The van der Waals surface area contributed by atoms with E-state index < -0.39 is 0 Å². The zero-order valence-corrected chi connectivity index (χ0v) is 15.4. The highest BCUT2D eigenvalue weighted by atomic mass is 35.5. The highest BCUT2D eigenvalue weighted by Gasteiger charge is 2.13. The predicted octanol–water partition coefficient (Wildman–Crippen LogP) is 4.25. The van der Waals surface area contributed by atoms with Gasteiger partial charge in [-0.05, 0) is 36.2 Å². The van der Waals surface area contributed by atoms with Gasteiger partial charge in [-0.2, -0.15) is 5.10 Å². The van der Waals surface area contributed by atoms with E-state index in [4.69, 9.17) is 23.2 Å². The van der Waals surface area contributed by atoms with Crippen LogP contribution in [0.1, 0.15) is 11.1 Å². The van der Waals surface area contributed by atoms with Crippen molar-refractivity contribution in [3.8, 4) is 5.69 Å². The fourth-order valence-electron chi connectivity index (χ4n) is 2.87. The maximum atomic E-state index is 12.8. The van der Waals surface area contributed by atoms with E-state index in [-0.39, 0.29) is 5.56 Å². The molecule has 0 aliphatic rings. The number of hydrogen-bond acceptors (Lipinski definition) is 3. The Morgan fingerprint density at radius 2 is 1.92 bits per heavy atom. The topological polar surface area (TPSA) is 52.7 Å². The fourth-order valence-corrected chi connectivity index (χ4v) is 3.34. The molecule has 0 N–H and O–H groups in total. The van der Waals surface area contributed by atoms with Crippen molar-refractivity contribution in [3.63, 3.8) is 0 Å². The standard InChI is InChI=1S/C19H14Cl2N4O/c1-12-4-2-3-5-17(12)25-18-15(9-23-25)19(26)24(11-22-18)10-13-6-7-14(20)8-16(13)21/h2-9,11H,10H2,1H3. The number of aromatic nitrogens is 4. The normalized spacial score (nSPS) is 11.2. The molecule has 0 aliphatic carbocycles. The Bertz CT molecular complexity index is 1180. The summed E-state index contributed by atoms with van der Waals surface area (Å²) in [5, 5.41) is 5.89. The van der Waals surface area contributed by atoms with Crippen LogP contribution in [-0.2, 0) is 6.54 Å². The Morgan fingerprint density at radius 1 is 1.12 bits per heavy atom. The molecule has 0 amide bonds. The van der Waals surface area contributed by atoms with Gasteiger partial charge < -0.3 is 0 Å². The summed E-state index contributed by atoms with van der Waals surface area (Å²) in [4.78, 5) is 17.3. The Morgan fingerprint density at radius 3 is 2.69 bits per heavy atom. The number of nitrogens with zero attached hydrogens (tertiary/aromatic N) is 4. The van der Waals surface area contributed by atoms with Crippen LogP contribution < -0.4 is 5.56 Å². The summed E-state index contributed by atoms with van der Waals surface area (Å²) in [6.07, 6.45) is 3.07. The van der Waals surface area contributed by atoms with Crippen molar-refractivity contribution in [1.82, 2.24) is 19.3 Å². The van der Waals surface area contributed by atoms with E-state index in [0.717, 1.165) is 16.8 Å². The molecule has 4 rings (SSSR count). The van der Waals surface area contributed by atoms with Gasteiger partial charge in [0.25, 0.3) is 5.56 Å². The summed E-state index contributed by atoms with van der Waals surface area (Å²) < 4.78 is 3.20. The van der Waals surface area contributed by atoms with Crippen LogP contribution in [0.25, 0.3) is 16.7 Å². The molecule has 0 fully saturated rings. The van der Waals surface area contributed by atoms with Gasteiger partial charge in [-0.25, -0.2) is 9.67 Å². The van der Waals surface area contributed by atoms with Crippen LogP contribution in [0.2, 0.25) is 10.0 Å². The summed E-state index contributed by atoms with van der Waals surface area (Å²) in [7, 11) is 0. The van der Waals surface area contributed by atoms with Crippen molar-refractivity contribution in [2.75, 3.05) is 0 Å². The lowest BCUT2D eigenvalue weighted by Gasteiger charge is -2.09. The minimum atomic E-state index is -0.166. The molecule has 2 aromatic heterocycles. The highest BCUT2D eigenvalue weighted by Crippen LogP contribution is 2.22. The molecule has 0 saturated carbocycles. The van der Waals surface area contributed by atoms with Gasteiger partial charge in [-0.1, -0.05) is 47.5 Å². The Balaban J connectivity index is 1.79. The first-order chi connectivity index (χ1) is 12.5. The number of hydrogen-bond donors (Lipinski definition) is 0. The van der Waals surface area contributed by atoms with Crippen molar-refractivity contribution >= 4 is 34.2 Å². The zero-order valence-electron chi connectivity index (χ0n) is 13.9. The molecular weight excluding hydrogens is 371 g/mol. The summed E-state index contributed by atoms with van der Waals surface area (Å²) >= 11 is 12.1. The molecule has 0 spiro atoms. The smallest absolute Gasteiger partial charge is 0.264 e. The van der Waals surface area contributed by atoms with Crippen LogP contribution in [0.5, 0.6) is 0 Å². The van der Waals surface area contributed by atoms with Gasteiger partial charge in [-0.3, -0.25) is 9.36 Å². The molecule has 4 aromatic rings. The molecule has 5 nitrogen and oxygen atoms in total. The van der Waals surface area contributed by atoms with E-state index in [1.165, 1.54) is 10.9 Å². The molecule has 130 valence electrons. The maximum absolute atomic E-state index is 12.8. The van der Waals surface area contributed by atoms with Crippen LogP contribution in [0.15, 0.2) is 59.8 Å². The average Bonchev–Trinajstić information content (AvgIpc) is 3.04. The highest BCUT2D eigenvalue weighted by molar-refractivity contribution is 6.35. The number of halogens is 2. The first kappa shape index (κ1) is 16.8. The second-order valence-corrected chi connectivity index (χ2v) is 6.84. The van der Waals surface area contributed by atoms with E-state index in [2.05, 4.69) is 10.1 Å². The Labute approximate surface area is 159 Å². The third-order valence-corrected chi connectivity index (χ3v) is 4.84. The quantitative estimate of drug-likeness (QED) is 0.530. The van der Waals surface area contributed by atoms with Gasteiger partial charge in [0.1, 0.15) is 11.7 Å². The van der Waals surface area contributed by atoms with Crippen molar-refractivity contribution in [2.45, 2.75) is 13.5 Å². The number of para-hydroxylation sites is 1. The minimum Gasteiger partial charge on any atom is -0.294 e. The first-order valence-electron chi connectivity index (χ1n) is 7.97. The molecule has 0 atom stereocenters. The average molecular weight is 385 g/mol. The second kappa shape index (κ2) is 6.59.